The minimum Gasteiger partial charge on any atom is -0.367 e. The number of carbonyl (C=O) groups is 1. The summed E-state index contributed by atoms with van der Waals surface area (Å²) in [7, 11) is 5.92. The Morgan fingerprint density at radius 2 is 1.90 bits per heavy atom. The lowest BCUT2D eigenvalue weighted by Crippen LogP contribution is -2.44. The standard InChI is InChI=1S/C28H31ClFN9O/c1-37(2)10-4-5-25(40)32-18-6-8-22(29)20(15-18)26-21-17-31-36-27(21)35-28(34-26)33-19-7-9-23(30)24(16-19)39-13-11-38(3)12-14-39/h4-9,15-17H,10-14H2,1-3H3,(H,32,40)(H2,31,33,34,35,36)/b5-4+. The molecular weight excluding hydrogens is 533 g/mol. The molecule has 0 saturated carbocycles. The van der Waals surface area contributed by atoms with Crippen LogP contribution in [0.3, 0.4) is 0 Å². The van der Waals surface area contributed by atoms with Gasteiger partial charge in [-0.2, -0.15) is 10.1 Å². The van der Waals surface area contributed by atoms with E-state index in [0.29, 0.717) is 56.9 Å². The predicted octanol–water partition coefficient (Wildman–Crippen LogP) is 4.36. The number of likely N-dealkylation sites (N-methyl/N-ethyl adjacent to an activating group) is 2. The Hall–Kier alpha value is -4.06. The van der Waals surface area contributed by atoms with E-state index in [1.807, 2.05) is 23.9 Å². The summed E-state index contributed by atoms with van der Waals surface area (Å²) in [4.78, 5) is 27.9. The van der Waals surface area contributed by atoms with Gasteiger partial charge >= 0.3 is 0 Å². The first-order chi connectivity index (χ1) is 19.3. The summed E-state index contributed by atoms with van der Waals surface area (Å²) in [5.74, 6) is -0.233. The van der Waals surface area contributed by atoms with Gasteiger partial charge in [0.1, 0.15) is 5.82 Å². The fourth-order valence-electron chi connectivity index (χ4n) is 4.44. The lowest BCUT2D eigenvalue weighted by Gasteiger charge is -2.34. The van der Waals surface area contributed by atoms with Crippen molar-refractivity contribution in [3.8, 4) is 11.3 Å². The molecule has 0 atom stereocenters. The van der Waals surface area contributed by atoms with Crippen molar-refractivity contribution in [1.82, 2.24) is 30.0 Å². The number of rotatable bonds is 8. The summed E-state index contributed by atoms with van der Waals surface area (Å²) >= 11 is 6.61. The molecule has 12 heteroatoms. The second kappa shape index (κ2) is 12.0. The van der Waals surface area contributed by atoms with Crippen LogP contribution < -0.4 is 15.5 Å². The van der Waals surface area contributed by atoms with Gasteiger partial charge in [-0.05, 0) is 57.5 Å². The topological polar surface area (TPSA) is 105 Å². The first-order valence-electron chi connectivity index (χ1n) is 12.9. The molecule has 1 aliphatic rings. The molecule has 2 aromatic carbocycles. The molecule has 0 bridgehead atoms. The monoisotopic (exact) mass is 563 g/mol. The number of aromatic nitrogens is 4. The van der Waals surface area contributed by atoms with Crippen molar-refractivity contribution in [1.29, 1.82) is 0 Å². The number of fused-ring (bicyclic) bond motifs is 1. The highest BCUT2D eigenvalue weighted by molar-refractivity contribution is 6.33. The molecule has 0 radical (unpaired) electrons. The number of amides is 1. The van der Waals surface area contributed by atoms with Crippen LogP contribution in [0.5, 0.6) is 0 Å². The van der Waals surface area contributed by atoms with Gasteiger partial charge in [0.05, 0.1) is 28.0 Å². The normalized spacial score (nSPS) is 14.4. The number of benzene rings is 2. The van der Waals surface area contributed by atoms with Crippen molar-refractivity contribution < 1.29 is 9.18 Å². The fourth-order valence-corrected chi connectivity index (χ4v) is 4.65. The first-order valence-corrected chi connectivity index (χ1v) is 13.3. The zero-order valence-electron chi connectivity index (χ0n) is 22.6. The van der Waals surface area contributed by atoms with E-state index in [9.17, 15) is 9.18 Å². The number of nitrogens with one attached hydrogen (secondary N) is 3. The van der Waals surface area contributed by atoms with Gasteiger partial charge in [-0.3, -0.25) is 9.89 Å². The molecule has 4 aromatic rings. The number of hydrogen-bond donors (Lipinski definition) is 3. The van der Waals surface area contributed by atoms with E-state index >= 15 is 0 Å². The Bertz CT molecular complexity index is 1550. The maximum atomic E-state index is 14.7. The van der Waals surface area contributed by atoms with Crippen molar-refractivity contribution in [2.45, 2.75) is 0 Å². The van der Waals surface area contributed by atoms with E-state index in [1.54, 1.807) is 42.6 Å². The molecule has 0 spiro atoms. The molecule has 3 N–H and O–H groups in total. The van der Waals surface area contributed by atoms with Gasteiger partial charge in [-0.1, -0.05) is 17.7 Å². The first kappa shape index (κ1) is 27.5. The third-order valence-electron chi connectivity index (χ3n) is 6.58. The Labute approximate surface area is 236 Å². The van der Waals surface area contributed by atoms with Crippen molar-refractivity contribution >= 4 is 51.6 Å². The van der Waals surface area contributed by atoms with Gasteiger partial charge in [0.2, 0.25) is 11.9 Å². The van der Waals surface area contributed by atoms with Crippen LogP contribution in [0, 0.1) is 5.82 Å². The smallest absolute Gasteiger partial charge is 0.248 e. The van der Waals surface area contributed by atoms with E-state index in [4.69, 9.17) is 16.6 Å². The van der Waals surface area contributed by atoms with Gasteiger partial charge in [0.25, 0.3) is 0 Å². The molecule has 3 heterocycles. The highest BCUT2D eigenvalue weighted by Crippen LogP contribution is 2.35. The molecule has 1 fully saturated rings. The van der Waals surface area contributed by atoms with E-state index in [1.165, 1.54) is 12.1 Å². The van der Waals surface area contributed by atoms with Crippen LogP contribution in [0.1, 0.15) is 0 Å². The lowest BCUT2D eigenvalue weighted by atomic mass is 10.1. The molecule has 1 aliphatic heterocycles. The number of piperazine rings is 1. The van der Waals surface area contributed by atoms with E-state index < -0.39 is 0 Å². The fraction of sp³-hybridized carbons (Fsp3) is 0.286. The molecule has 0 aliphatic carbocycles. The van der Waals surface area contributed by atoms with Crippen LogP contribution in [0.4, 0.5) is 27.4 Å². The van der Waals surface area contributed by atoms with E-state index in [-0.39, 0.29) is 11.7 Å². The minimum absolute atomic E-state index is 0.249. The van der Waals surface area contributed by atoms with Crippen LogP contribution in [-0.4, -0.2) is 89.7 Å². The molecule has 2 aromatic heterocycles. The average molecular weight is 564 g/mol. The number of H-pyrrole nitrogens is 1. The highest BCUT2D eigenvalue weighted by Gasteiger charge is 2.19. The number of nitrogens with zero attached hydrogens (tertiary/aromatic N) is 6. The summed E-state index contributed by atoms with van der Waals surface area (Å²) in [5, 5.41) is 14.2. The lowest BCUT2D eigenvalue weighted by molar-refractivity contribution is -0.111. The summed E-state index contributed by atoms with van der Waals surface area (Å²) in [5.41, 5.74) is 3.39. The predicted molar refractivity (Wildman–Crippen MR) is 158 cm³/mol. The maximum absolute atomic E-state index is 14.7. The van der Waals surface area contributed by atoms with Gasteiger partial charge in [-0.15, -0.1) is 0 Å². The molecule has 40 heavy (non-hydrogen) atoms. The third kappa shape index (κ3) is 6.39. The number of carbonyl (C=O) groups excluding carboxylic acids is 1. The van der Waals surface area contributed by atoms with Crippen LogP contribution >= 0.6 is 11.6 Å². The summed E-state index contributed by atoms with van der Waals surface area (Å²) in [6, 6.07) is 10.1. The quantitative estimate of drug-likeness (QED) is 0.272. The number of aromatic amines is 1. The largest absolute Gasteiger partial charge is 0.367 e. The highest BCUT2D eigenvalue weighted by atomic mass is 35.5. The Morgan fingerprint density at radius 1 is 1.12 bits per heavy atom. The number of halogens is 2. The third-order valence-corrected chi connectivity index (χ3v) is 6.91. The van der Waals surface area contributed by atoms with Crippen LogP contribution in [0.15, 0.2) is 54.7 Å². The molecule has 1 saturated heterocycles. The zero-order chi connectivity index (χ0) is 28.2. The molecule has 5 rings (SSSR count). The molecule has 1 amide bonds. The number of anilines is 4. The second-order valence-electron chi connectivity index (χ2n) is 9.96. The zero-order valence-corrected chi connectivity index (χ0v) is 23.3. The molecular formula is C28H31ClFN9O. The SMILES string of the molecule is CN(C)C/C=C/C(=O)Nc1ccc(Cl)c(-c2nc(Nc3ccc(F)c(N4CCN(C)CC4)c3)nc3[nH]ncc23)c1. The summed E-state index contributed by atoms with van der Waals surface area (Å²) in [6.45, 7) is 3.88. The van der Waals surface area contributed by atoms with Crippen LogP contribution in [0.25, 0.3) is 22.3 Å². The van der Waals surface area contributed by atoms with Crippen LogP contribution in [0.2, 0.25) is 5.02 Å². The maximum Gasteiger partial charge on any atom is 0.248 e. The minimum atomic E-state index is -0.275. The molecule has 10 nitrogen and oxygen atoms in total. The van der Waals surface area contributed by atoms with Gasteiger partial charge in [0.15, 0.2) is 5.65 Å². The Kier molecular flexibility index (Phi) is 8.24. The van der Waals surface area contributed by atoms with E-state index in [0.717, 1.165) is 26.2 Å². The second-order valence-corrected chi connectivity index (χ2v) is 10.4. The van der Waals surface area contributed by atoms with Crippen molar-refractivity contribution in [3.05, 3.63) is 65.6 Å². The Balaban J connectivity index is 1.44. The van der Waals surface area contributed by atoms with Gasteiger partial charge < -0.3 is 25.3 Å². The summed E-state index contributed by atoms with van der Waals surface area (Å²) in [6.07, 6.45) is 4.91. The summed E-state index contributed by atoms with van der Waals surface area (Å²) < 4.78 is 14.7. The van der Waals surface area contributed by atoms with Crippen molar-refractivity contribution in [2.75, 3.05) is 69.4 Å². The van der Waals surface area contributed by atoms with Gasteiger partial charge in [-0.25, -0.2) is 9.37 Å². The number of hydrogen-bond acceptors (Lipinski definition) is 8. The molecule has 208 valence electrons. The van der Waals surface area contributed by atoms with Gasteiger partial charge in [0, 0.05) is 55.7 Å². The van der Waals surface area contributed by atoms with E-state index in [2.05, 4.69) is 37.8 Å². The van der Waals surface area contributed by atoms with Crippen molar-refractivity contribution in [3.63, 3.8) is 0 Å². The average Bonchev–Trinajstić information content (AvgIpc) is 3.40. The molecule has 0 unspecified atom stereocenters. The van der Waals surface area contributed by atoms with Crippen LogP contribution in [-0.2, 0) is 4.79 Å². The Morgan fingerprint density at radius 3 is 2.67 bits per heavy atom. The van der Waals surface area contributed by atoms with Crippen molar-refractivity contribution in [2.24, 2.45) is 0 Å².